The molecule has 0 radical (unpaired) electrons. The van der Waals surface area contributed by atoms with Crippen LogP contribution in [0, 0.1) is 0 Å². The molecule has 0 bridgehead atoms. The van der Waals surface area contributed by atoms with E-state index in [0.717, 1.165) is 0 Å². The first-order valence-electron chi connectivity index (χ1n) is 1.30. The van der Waals surface area contributed by atoms with Gasteiger partial charge in [-0.1, -0.05) is 0 Å². The standard InChI is InChI=1S/CH2O3.Mg.Na.H2O4S/c2-1(3)4;;;1-5(2,3)4/h(H2,2,3,4);;;(H2,1,2,3,4)/q;+2;+1;/p-3. The summed E-state index contributed by atoms with van der Waals surface area (Å²) >= 11 is 0. The summed E-state index contributed by atoms with van der Waals surface area (Å²) in [5.74, 6) is 0. The molecule has 0 aliphatic heterocycles. The molecule has 0 aliphatic rings. The van der Waals surface area contributed by atoms with E-state index in [1.807, 2.05) is 0 Å². The minimum Gasteiger partial charge on any atom is -0.759 e. The molecular formula is CHMgNaO7S. The molecule has 56 valence electrons. The zero-order valence-electron chi connectivity index (χ0n) is 5.51. The predicted octanol–water partition coefficient (Wildman–Crippen LogP) is -5.83. The molecule has 0 saturated carbocycles. The van der Waals surface area contributed by atoms with Crippen molar-refractivity contribution < 1.29 is 62.1 Å². The van der Waals surface area contributed by atoms with Gasteiger partial charge in [-0.3, -0.25) is 8.42 Å². The third-order valence-electron chi connectivity index (χ3n) is 0. The first-order chi connectivity index (χ1) is 3.73. The van der Waals surface area contributed by atoms with Crippen LogP contribution in [0.5, 0.6) is 0 Å². The normalized spacial score (nSPS) is 7.45. The number of carboxylic acid groups (broad SMARTS) is 2. The van der Waals surface area contributed by atoms with Crippen molar-refractivity contribution in [3.8, 4) is 0 Å². The van der Waals surface area contributed by atoms with Crippen LogP contribution >= 0.6 is 0 Å². The van der Waals surface area contributed by atoms with E-state index in [1.54, 1.807) is 0 Å². The summed E-state index contributed by atoms with van der Waals surface area (Å²) in [6.45, 7) is 0. The van der Waals surface area contributed by atoms with Crippen molar-refractivity contribution in [2.24, 2.45) is 0 Å². The number of carbonyl (C=O) groups is 1. The van der Waals surface area contributed by atoms with E-state index in [0.29, 0.717) is 0 Å². The molecule has 10 heteroatoms. The smallest absolute Gasteiger partial charge is 0.759 e. The molecule has 11 heavy (non-hydrogen) atoms. The molecule has 0 amide bonds. The van der Waals surface area contributed by atoms with Crippen LogP contribution in [0.15, 0.2) is 0 Å². The SMILES string of the molecule is O=C([O-])O.O=S(=O)([O-])[O-].[Mg+2].[Na+]. The van der Waals surface area contributed by atoms with Gasteiger partial charge >= 0.3 is 52.6 Å². The number of hydrogen-bond donors (Lipinski definition) is 1. The van der Waals surface area contributed by atoms with Gasteiger partial charge in [-0.25, -0.2) is 0 Å². The Labute approximate surface area is 101 Å². The van der Waals surface area contributed by atoms with Crippen molar-refractivity contribution in [3.05, 3.63) is 0 Å². The molecule has 0 aliphatic carbocycles. The van der Waals surface area contributed by atoms with Crippen LogP contribution in [0.1, 0.15) is 0 Å². The first-order valence-corrected chi connectivity index (χ1v) is 2.63. The Bertz CT molecular complexity index is 161. The average Bonchev–Trinajstić information content (AvgIpc) is 1.19. The van der Waals surface area contributed by atoms with Crippen molar-refractivity contribution in [2.75, 3.05) is 0 Å². The second-order valence-electron chi connectivity index (χ2n) is 0.674. The van der Waals surface area contributed by atoms with E-state index in [9.17, 15) is 0 Å². The molecule has 1 N–H and O–H groups in total. The molecule has 0 aromatic rings. The molecule has 7 nitrogen and oxygen atoms in total. The van der Waals surface area contributed by atoms with Gasteiger partial charge in [-0.05, 0) is 0 Å². The molecule has 0 unspecified atom stereocenters. The zero-order valence-corrected chi connectivity index (χ0v) is 9.74. The summed E-state index contributed by atoms with van der Waals surface area (Å²) in [7, 11) is -5.17. The summed E-state index contributed by atoms with van der Waals surface area (Å²) < 4.78 is 34.1. The summed E-state index contributed by atoms with van der Waals surface area (Å²) in [5.41, 5.74) is 0. The molecule has 0 heterocycles. The van der Waals surface area contributed by atoms with Crippen LogP contribution in [-0.2, 0) is 10.4 Å². The van der Waals surface area contributed by atoms with E-state index in [4.69, 9.17) is 32.5 Å². The van der Waals surface area contributed by atoms with Crippen LogP contribution in [0.4, 0.5) is 4.79 Å². The molecule has 0 aromatic carbocycles. The third-order valence-corrected chi connectivity index (χ3v) is 0. The van der Waals surface area contributed by atoms with E-state index in [-0.39, 0.29) is 52.6 Å². The van der Waals surface area contributed by atoms with E-state index in [2.05, 4.69) is 0 Å². The Balaban J connectivity index is -0.0000000383. The second kappa shape index (κ2) is 10.9. The minimum absolute atomic E-state index is 0. The fourth-order valence-corrected chi connectivity index (χ4v) is 0. The van der Waals surface area contributed by atoms with Crippen molar-refractivity contribution in [3.63, 3.8) is 0 Å². The van der Waals surface area contributed by atoms with Gasteiger partial charge in [0.05, 0.1) is 0 Å². The van der Waals surface area contributed by atoms with Crippen molar-refractivity contribution in [1.82, 2.24) is 0 Å². The molecule has 0 fully saturated rings. The topological polar surface area (TPSA) is 141 Å². The Morgan fingerprint density at radius 3 is 1.27 bits per heavy atom. The fraction of sp³-hybridized carbons (Fsp3) is 0. The summed E-state index contributed by atoms with van der Waals surface area (Å²) in [6, 6.07) is 0. The van der Waals surface area contributed by atoms with Gasteiger partial charge in [0.1, 0.15) is 0 Å². The van der Waals surface area contributed by atoms with Gasteiger partial charge in [-0.2, -0.15) is 0 Å². The van der Waals surface area contributed by atoms with Crippen molar-refractivity contribution in [1.29, 1.82) is 0 Å². The Morgan fingerprint density at radius 2 is 1.27 bits per heavy atom. The molecule has 0 saturated heterocycles. The fourth-order valence-electron chi connectivity index (χ4n) is 0. The van der Waals surface area contributed by atoms with Gasteiger partial charge in [0.25, 0.3) is 0 Å². The van der Waals surface area contributed by atoms with E-state index in [1.165, 1.54) is 0 Å². The Morgan fingerprint density at radius 1 is 1.27 bits per heavy atom. The largest absolute Gasteiger partial charge is 2.00 e. The third kappa shape index (κ3) is 1050. The van der Waals surface area contributed by atoms with Gasteiger partial charge in [-0.15, -0.1) is 0 Å². The molecule has 0 rings (SSSR count). The van der Waals surface area contributed by atoms with Crippen molar-refractivity contribution in [2.45, 2.75) is 0 Å². The zero-order chi connectivity index (χ0) is 8.08. The molecule has 0 spiro atoms. The van der Waals surface area contributed by atoms with Crippen LogP contribution in [-0.4, -0.2) is 51.8 Å². The van der Waals surface area contributed by atoms with Gasteiger partial charge in [0, 0.05) is 10.4 Å². The second-order valence-corrected chi connectivity index (χ2v) is 1.49. The molecule has 0 atom stereocenters. The number of hydrogen-bond acceptors (Lipinski definition) is 6. The summed E-state index contributed by atoms with van der Waals surface area (Å²) in [4.78, 5) is 8.44. The minimum atomic E-state index is -5.17. The van der Waals surface area contributed by atoms with Crippen molar-refractivity contribution >= 4 is 39.6 Å². The van der Waals surface area contributed by atoms with E-state index >= 15 is 0 Å². The van der Waals surface area contributed by atoms with Gasteiger partial charge < -0.3 is 24.1 Å². The summed E-state index contributed by atoms with van der Waals surface area (Å²) in [5, 5.41) is 15.3. The van der Waals surface area contributed by atoms with Crippen LogP contribution < -0.4 is 34.7 Å². The van der Waals surface area contributed by atoms with Crippen LogP contribution in [0.25, 0.3) is 0 Å². The summed E-state index contributed by atoms with van der Waals surface area (Å²) in [6.07, 6.45) is -2.08. The Hall–Kier alpha value is 0.906. The number of rotatable bonds is 0. The van der Waals surface area contributed by atoms with Gasteiger partial charge in [0.2, 0.25) is 6.16 Å². The Kier molecular flexibility index (Phi) is 22.5. The van der Waals surface area contributed by atoms with Gasteiger partial charge in [0.15, 0.2) is 0 Å². The quantitative estimate of drug-likeness (QED) is 0.235. The van der Waals surface area contributed by atoms with E-state index < -0.39 is 16.6 Å². The predicted molar refractivity (Wildman–Crippen MR) is 24.3 cm³/mol. The first kappa shape index (κ1) is 22.7. The molecular weight excluding hydrogens is 203 g/mol. The maximum Gasteiger partial charge on any atom is 2.00 e. The van der Waals surface area contributed by atoms with Crippen LogP contribution in [0.2, 0.25) is 0 Å². The maximum absolute atomic E-state index is 8.52. The maximum atomic E-state index is 8.52. The van der Waals surface area contributed by atoms with Crippen LogP contribution in [0.3, 0.4) is 0 Å². The molecule has 0 aromatic heterocycles. The average molecular weight is 204 g/mol. The monoisotopic (exact) mass is 204 g/mol.